The predicted molar refractivity (Wildman–Crippen MR) is 85.8 cm³/mol. The highest BCUT2D eigenvalue weighted by molar-refractivity contribution is 5.85. The van der Waals surface area contributed by atoms with Crippen LogP contribution in [0.3, 0.4) is 0 Å². The van der Waals surface area contributed by atoms with Crippen molar-refractivity contribution >= 4 is 10.8 Å². The van der Waals surface area contributed by atoms with Crippen LogP contribution in [-0.4, -0.2) is 29.7 Å². The lowest BCUT2D eigenvalue weighted by Gasteiger charge is -2.22. The van der Waals surface area contributed by atoms with Crippen molar-refractivity contribution in [3.63, 3.8) is 0 Å². The Kier molecular flexibility index (Phi) is 6.03. The second-order valence-electron chi connectivity index (χ2n) is 5.35. The van der Waals surface area contributed by atoms with Gasteiger partial charge in [-0.05, 0) is 29.3 Å². The Morgan fingerprint density at radius 2 is 1.75 bits per heavy atom. The van der Waals surface area contributed by atoms with Gasteiger partial charge in [-0.3, -0.25) is 4.90 Å². The van der Waals surface area contributed by atoms with Crippen LogP contribution in [0.15, 0.2) is 42.5 Å². The average Bonchev–Trinajstić information content (AvgIpc) is 2.48. The number of hydrogen-bond donors (Lipinski definition) is 1. The third-order valence-electron chi connectivity index (χ3n) is 3.77. The predicted octanol–water partition coefficient (Wildman–Crippen LogP) is 3.82. The van der Waals surface area contributed by atoms with Crippen molar-refractivity contribution in [2.24, 2.45) is 0 Å². The van der Waals surface area contributed by atoms with Gasteiger partial charge in [0.2, 0.25) is 0 Å². The molecule has 0 bridgehead atoms. The number of unbranched alkanes of at least 4 members (excludes halogenated alkanes) is 2. The molecule has 0 aromatic heterocycles. The zero-order valence-electron chi connectivity index (χ0n) is 12.4. The summed E-state index contributed by atoms with van der Waals surface area (Å²) in [5.41, 5.74) is 1.35. The number of aliphatic hydroxyl groups is 1. The fourth-order valence-electron chi connectivity index (χ4n) is 2.67. The average molecular weight is 271 g/mol. The highest BCUT2D eigenvalue weighted by atomic mass is 16.3. The SMILES string of the molecule is CCCCCN(CCO)Cc1cccc2ccccc12. The fraction of sp³-hybridized carbons (Fsp3) is 0.444. The molecule has 0 amide bonds. The van der Waals surface area contributed by atoms with Crippen LogP contribution < -0.4 is 0 Å². The van der Waals surface area contributed by atoms with Crippen molar-refractivity contribution in [2.75, 3.05) is 19.7 Å². The molecule has 2 heteroatoms. The normalized spacial score (nSPS) is 11.3. The first-order chi connectivity index (χ1) is 9.85. The second-order valence-corrected chi connectivity index (χ2v) is 5.35. The Balaban J connectivity index is 2.11. The van der Waals surface area contributed by atoms with Crippen molar-refractivity contribution < 1.29 is 5.11 Å². The van der Waals surface area contributed by atoms with E-state index < -0.39 is 0 Å². The van der Waals surface area contributed by atoms with E-state index in [1.807, 2.05) is 0 Å². The summed E-state index contributed by atoms with van der Waals surface area (Å²) in [6, 6.07) is 15.0. The first-order valence-corrected chi connectivity index (χ1v) is 7.65. The monoisotopic (exact) mass is 271 g/mol. The summed E-state index contributed by atoms with van der Waals surface area (Å²) >= 11 is 0. The van der Waals surface area contributed by atoms with Crippen LogP contribution in [-0.2, 0) is 6.54 Å². The van der Waals surface area contributed by atoms with Crippen molar-refractivity contribution in [1.82, 2.24) is 4.90 Å². The molecule has 0 aliphatic carbocycles. The number of fused-ring (bicyclic) bond motifs is 1. The third-order valence-corrected chi connectivity index (χ3v) is 3.77. The maximum Gasteiger partial charge on any atom is 0.0558 e. The van der Waals surface area contributed by atoms with E-state index in [9.17, 15) is 5.11 Å². The molecule has 2 aromatic carbocycles. The lowest BCUT2D eigenvalue weighted by atomic mass is 10.0. The van der Waals surface area contributed by atoms with Crippen LogP contribution in [0.4, 0.5) is 0 Å². The summed E-state index contributed by atoms with van der Waals surface area (Å²) in [5.74, 6) is 0. The summed E-state index contributed by atoms with van der Waals surface area (Å²) in [6.45, 7) is 5.20. The molecule has 2 nitrogen and oxygen atoms in total. The van der Waals surface area contributed by atoms with Crippen LogP contribution in [0.25, 0.3) is 10.8 Å². The number of rotatable bonds is 8. The van der Waals surface area contributed by atoms with E-state index in [0.29, 0.717) is 0 Å². The van der Waals surface area contributed by atoms with Crippen LogP contribution in [0.1, 0.15) is 31.7 Å². The van der Waals surface area contributed by atoms with E-state index in [2.05, 4.69) is 54.3 Å². The van der Waals surface area contributed by atoms with E-state index >= 15 is 0 Å². The van der Waals surface area contributed by atoms with Crippen molar-refractivity contribution in [2.45, 2.75) is 32.7 Å². The summed E-state index contributed by atoms with van der Waals surface area (Å²) in [7, 11) is 0. The zero-order valence-corrected chi connectivity index (χ0v) is 12.4. The van der Waals surface area contributed by atoms with Gasteiger partial charge in [-0.25, -0.2) is 0 Å². The lowest BCUT2D eigenvalue weighted by molar-refractivity contribution is 0.188. The largest absolute Gasteiger partial charge is 0.395 e. The summed E-state index contributed by atoms with van der Waals surface area (Å²) < 4.78 is 0. The second kappa shape index (κ2) is 8.03. The van der Waals surface area contributed by atoms with Gasteiger partial charge in [0.15, 0.2) is 0 Å². The first-order valence-electron chi connectivity index (χ1n) is 7.65. The molecule has 0 atom stereocenters. The van der Waals surface area contributed by atoms with Gasteiger partial charge in [-0.1, -0.05) is 62.2 Å². The number of benzene rings is 2. The van der Waals surface area contributed by atoms with E-state index in [1.54, 1.807) is 0 Å². The molecule has 0 saturated carbocycles. The summed E-state index contributed by atoms with van der Waals surface area (Å²) in [6.07, 6.45) is 3.71. The van der Waals surface area contributed by atoms with Crippen molar-refractivity contribution in [3.05, 3.63) is 48.0 Å². The molecule has 1 N–H and O–H groups in total. The number of nitrogens with zero attached hydrogens (tertiary/aromatic N) is 1. The Bertz CT molecular complexity index is 518. The molecule has 0 spiro atoms. The van der Waals surface area contributed by atoms with Gasteiger partial charge >= 0.3 is 0 Å². The minimum atomic E-state index is 0.233. The number of hydrogen-bond acceptors (Lipinski definition) is 2. The molecule has 0 heterocycles. The molecule has 0 fully saturated rings. The van der Waals surface area contributed by atoms with E-state index in [4.69, 9.17) is 0 Å². The standard InChI is InChI=1S/C18H25NO/c1-2-3-6-12-19(13-14-20)15-17-10-7-9-16-8-4-5-11-18(16)17/h4-5,7-11,20H,2-3,6,12-15H2,1H3. The van der Waals surface area contributed by atoms with Gasteiger partial charge in [0.05, 0.1) is 6.61 Å². The molecule has 20 heavy (non-hydrogen) atoms. The molecule has 108 valence electrons. The van der Waals surface area contributed by atoms with Gasteiger partial charge in [-0.2, -0.15) is 0 Å². The molecule has 2 aromatic rings. The molecular formula is C18H25NO. The minimum Gasteiger partial charge on any atom is -0.395 e. The van der Waals surface area contributed by atoms with Crippen molar-refractivity contribution in [1.29, 1.82) is 0 Å². The van der Waals surface area contributed by atoms with Crippen LogP contribution >= 0.6 is 0 Å². The molecule has 0 radical (unpaired) electrons. The number of aliphatic hydroxyl groups excluding tert-OH is 1. The van der Waals surface area contributed by atoms with E-state index in [0.717, 1.165) is 19.6 Å². The Hall–Kier alpha value is -1.38. The maximum absolute atomic E-state index is 9.24. The van der Waals surface area contributed by atoms with Gasteiger partial charge in [0.1, 0.15) is 0 Å². The summed E-state index contributed by atoms with van der Waals surface area (Å²) in [5, 5.41) is 11.9. The van der Waals surface area contributed by atoms with Crippen LogP contribution in [0.5, 0.6) is 0 Å². The van der Waals surface area contributed by atoms with Gasteiger partial charge in [0, 0.05) is 13.1 Å². The van der Waals surface area contributed by atoms with E-state index in [-0.39, 0.29) is 6.61 Å². The molecule has 2 rings (SSSR count). The van der Waals surface area contributed by atoms with Gasteiger partial charge < -0.3 is 5.11 Å². The Labute approximate surface area is 122 Å². The van der Waals surface area contributed by atoms with Gasteiger partial charge in [0.25, 0.3) is 0 Å². The van der Waals surface area contributed by atoms with Crippen molar-refractivity contribution in [3.8, 4) is 0 Å². The topological polar surface area (TPSA) is 23.5 Å². The molecular weight excluding hydrogens is 246 g/mol. The van der Waals surface area contributed by atoms with E-state index in [1.165, 1.54) is 35.6 Å². The maximum atomic E-state index is 9.24. The summed E-state index contributed by atoms with van der Waals surface area (Å²) in [4.78, 5) is 2.36. The minimum absolute atomic E-state index is 0.233. The molecule has 0 aliphatic rings. The smallest absolute Gasteiger partial charge is 0.0558 e. The first kappa shape index (κ1) is 15.0. The van der Waals surface area contributed by atoms with Crippen LogP contribution in [0.2, 0.25) is 0 Å². The quantitative estimate of drug-likeness (QED) is 0.738. The fourth-order valence-corrected chi connectivity index (χ4v) is 2.67. The van der Waals surface area contributed by atoms with Gasteiger partial charge in [-0.15, -0.1) is 0 Å². The molecule has 0 saturated heterocycles. The molecule has 0 unspecified atom stereocenters. The molecule has 0 aliphatic heterocycles. The Morgan fingerprint density at radius 1 is 0.950 bits per heavy atom. The highest BCUT2D eigenvalue weighted by Gasteiger charge is 2.07. The lowest BCUT2D eigenvalue weighted by Crippen LogP contribution is -2.27. The van der Waals surface area contributed by atoms with Crippen LogP contribution in [0, 0.1) is 0 Å². The Morgan fingerprint density at radius 3 is 2.55 bits per heavy atom. The highest BCUT2D eigenvalue weighted by Crippen LogP contribution is 2.20. The zero-order chi connectivity index (χ0) is 14.2. The third kappa shape index (κ3) is 4.06.